The second-order valence-electron chi connectivity index (χ2n) is 5.29. The molecule has 0 saturated heterocycles. The number of pyridine rings is 2. The summed E-state index contributed by atoms with van der Waals surface area (Å²) < 4.78 is 0. The fourth-order valence-electron chi connectivity index (χ4n) is 2.30. The zero-order valence-electron chi connectivity index (χ0n) is 13.9. The Balaban J connectivity index is 0.000000526. The van der Waals surface area contributed by atoms with Crippen LogP contribution in [0.2, 0.25) is 0 Å². The minimum absolute atomic E-state index is 0.906. The molecular weight excluding hydrogens is 318 g/mol. The molecule has 4 rings (SSSR count). The van der Waals surface area contributed by atoms with Crippen molar-refractivity contribution in [3.63, 3.8) is 0 Å². The molecule has 0 amide bonds. The van der Waals surface area contributed by atoms with Crippen LogP contribution in [-0.2, 0) is 0 Å². The van der Waals surface area contributed by atoms with Crippen LogP contribution in [0.25, 0.3) is 32.2 Å². The topological polar surface area (TPSA) is 66.5 Å². The van der Waals surface area contributed by atoms with Gasteiger partial charge in [0.05, 0.1) is 16.3 Å². The van der Waals surface area contributed by atoms with Crippen LogP contribution in [0, 0.1) is 6.92 Å². The second-order valence-corrected chi connectivity index (χ2v) is 6.29. The van der Waals surface area contributed by atoms with E-state index in [1.807, 2.05) is 57.7 Å². The molecule has 122 valence electrons. The van der Waals surface area contributed by atoms with Crippen LogP contribution in [0.3, 0.4) is 0 Å². The molecule has 0 aliphatic heterocycles. The number of H-pyrrole nitrogens is 1. The third-order valence-electron chi connectivity index (χ3n) is 3.35. The highest BCUT2D eigenvalue weighted by Crippen LogP contribution is 2.34. The van der Waals surface area contributed by atoms with E-state index in [4.69, 9.17) is 0 Å². The monoisotopic (exact) mass is 337 g/mol. The maximum atomic E-state index is 4.67. The minimum atomic E-state index is 0.906. The molecule has 0 aliphatic carbocycles. The molecule has 4 aromatic rings. The zero-order valence-corrected chi connectivity index (χ0v) is 14.7. The van der Waals surface area contributed by atoms with E-state index in [1.54, 1.807) is 17.5 Å². The van der Waals surface area contributed by atoms with Crippen molar-refractivity contribution in [1.82, 2.24) is 25.3 Å². The number of hydrogen-bond acceptors (Lipinski definition) is 5. The van der Waals surface area contributed by atoms with Crippen LogP contribution in [0.1, 0.15) is 5.69 Å². The number of nitrogens with one attached hydrogen (secondary N) is 2. The van der Waals surface area contributed by atoms with Gasteiger partial charge in [0.1, 0.15) is 10.7 Å². The number of aryl methyl sites for hydroxylation is 1. The molecule has 0 unspecified atom stereocenters. The van der Waals surface area contributed by atoms with Crippen molar-refractivity contribution >= 4 is 22.4 Å². The van der Waals surface area contributed by atoms with Crippen LogP contribution in [0.5, 0.6) is 0 Å². The molecule has 0 spiro atoms. The van der Waals surface area contributed by atoms with Crippen LogP contribution in [0.15, 0.2) is 48.9 Å². The Labute approximate surface area is 144 Å². The molecule has 0 atom stereocenters. The molecule has 6 heteroatoms. The lowest BCUT2D eigenvalue weighted by atomic mass is 10.2. The predicted octanol–water partition coefficient (Wildman–Crippen LogP) is 3.89. The molecule has 0 aromatic carbocycles. The van der Waals surface area contributed by atoms with Crippen molar-refractivity contribution in [2.75, 3.05) is 14.1 Å². The first kappa shape index (κ1) is 16.3. The van der Waals surface area contributed by atoms with E-state index in [-0.39, 0.29) is 0 Å². The summed E-state index contributed by atoms with van der Waals surface area (Å²) in [5.41, 5.74) is 3.90. The summed E-state index contributed by atoms with van der Waals surface area (Å²) in [6, 6.07) is 10.1. The van der Waals surface area contributed by atoms with Crippen LogP contribution in [0.4, 0.5) is 0 Å². The molecule has 5 nitrogen and oxygen atoms in total. The maximum Gasteiger partial charge on any atom is 0.137 e. The largest absolute Gasteiger partial charge is 0.346 e. The molecule has 0 fully saturated rings. The van der Waals surface area contributed by atoms with Crippen LogP contribution < -0.4 is 5.32 Å². The van der Waals surface area contributed by atoms with E-state index < -0.39 is 0 Å². The number of aromatic amines is 1. The highest BCUT2D eigenvalue weighted by Gasteiger charge is 2.13. The third kappa shape index (κ3) is 3.34. The van der Waals surface area contributed by atoms with Gasteiger partial charge in [0, 0.05) is 29.5 Å². The number of rotatable bonds is 2. The Bertz CT molecular complexity index is 927. The first-order valence-corrected chi connectivity index (χ1v) is 8.45. The van der Waals surface area contributed by atoms with Crippen LogP contribution in [-0.4, -0.2) is 34.0 Å². The van der Waals surface area contributed by atoms with Gasteiger partial charge in [-0.3, -0.25) is 4.98 Å². The quantitative estimate of drug-likeness (QED) is 0.582. The summed E-state index contributed by atoms with van der Waals surface area (Å²) in [5.74, 6) is 0. The smallest absolute Gasteiger partial charge is 0.137 e. The van der Waals surface area contributed by atoms with Gasteiger partial charge in [0.2, 0.25) is 0 Å². The number of nitrogens with zero attached hydrogens (tertiary/aromatic N) is 3. The molecular formula is C18H19N5S. The molecule has 24 heavy (non-hydrogen) atoms. The predicted molar refractivity (Wildman–Crippen MR) is 100 cm³/mol. The van der Waals surface area contributed by atoms with Gasteiger partial charge in [-0.2, -0.15) is 0 Å². The van der Waals surface area contributed by atoms with Gasteiger partial charge < -0.3 is 10.3 Å². The van der Waals surface area contributed by atoms with E-state index in [9.17, 15) is 0 Å². The van der Waals surface area contributed by atoms with Gasteiger partial charge in [-0.15, -0.1) is 11.3 Å². The fourth-order valence-corrected chi connectivity index (χ4v) is 3.33. The molecule has 4 heterocycles. The standard InChI is InChI=1S/C16H12N4S.C2H7N/c1-10-14(13-5-4-11-6-8-18-15(11)20-13)21-16(19-10)12-3-2-7-17-9-12;1-3-2/h2-9H,1H3,(H,18,20);3H,1-2H3. The fraction of sp³-hybridized carbons (Fsp3) is 0.167. The van der Waals surface area contributed by atoms with Gasteiger partial charge in [0.15, 0.2) is 0 Å². The summed E-state index contributed by atoms with van der Waals surface area (Å²) in [6.45, 7) is 2.02. The van der Waals surface area contributed by atoms with Crippen molar-refractivity contribution < 1.29 is 0 Å². The lowest BCUT2D eigenvalue weighted by Crippen LogP contribution is -1.89. The van der Waals surface area contributed by atoms with Crippen LogP contribution >= 0.6 is 11.3 Å². The second kappa shape index (κ2) is 7.33. The van der Waals surface area contributed by atoms with Gasteiger partial charge in [-0.05, 0) is 51.4 Å². The van der Waals surface area contributed by atoms with E-state index in [1.165, 1.54) is 0 Å². The van der Waals surface area contributed by atoms with Crippen molar-refractivity contribution in [3.05, 3.63) is 54.6 Å². The molecule has 0 saturated carbocycles. The normalized spacial score (nSPS) is 10.5. The van der Waals surface area contributed by atoms with Gasteiger partial charge >= 0.3 is 0 Å². The van der Waals surface area contributed by atoms with Crippen molar-refractivity contribution in [2.24, 2.45) is 0 Å². The number of hydrogen-bond donors (Lipinski definition) is 2. The summed E-state index contributed by atoms with van der Waals surface area (Å²) in [4.78, 5) is 17.7. The molecule has 2 N–H and O–H groups in total. The average molecular weight is 337 g/mol. The lowest BCUT2D eigenvalue weighted by molar-refractivity contribution is 1.02. The van der Waals surface area contributed by atoms with E-state index in [0.29, 0.717) is 0 Å². The van der Waals surface area contributed by atoms with E-state index in [2.05, 4.69) is 31.3 Å². The molecule has 0 aliphatic rings. The zero-order chi connectivity index (χ0) is 16.9. The summed E-state index contributed by atoms with van der Waals surface area (Å²) in [5, 5.41) is 4.84. The van der Waals surface area contributed by atoms with Crippen molar-refractivity contribution in [3.8, 4) is 21.1 Å². The highest BCUT2D eigenvalue weighted by atomic mass is 32.1. The van der Waals surface area contributed by atoms with E-state index in [0.717, 1.165) is 37.9 Å². The first-order valence-electron chi connectivity index (χ1n) is 7.63. The van der Waals surface area contributed by atoms with Gasteiger partial charge in [-0.1, -0.05) is 0 Å². The van der Waals surface area contributed by atoms with Crippen molar-refractivity contribution in [2.45, 2.75) is 6.92 Å². The summed E-state index contributed by atoms with van der Waals surface area (Å²) in [7, 11) is 3.75. The lowest BCUT2D eigenvalue weighted by Gasteiger charge is -1.98. The SMILES string of the molecule is CNC.Cc1nc(-c2cccnc2)sc1-c1ccc2cc[nH]c2n1. The van der Waals surface area contributed by atoms with Gasteiger partial charge in [-0.25, -0.2) is 9.97 Å². The Hall–Kier alpha value is -2.57. The summed E-state index contributed by atoms with van der Waals surface area (Å²) in [6.07, 6.45) is 5.51. The number of aromatic nitrogens is 4. The first-order chi connectivity index (χ1) is 11.7. The number of fused-ring (bicyclic) bond motifs is 1. The Morgan fingerprint density at radius 2 is 1.92 bits per heavy atom. The Kier molecular flexibility index (Phi) is 4.98. The Morgan fingerprint density at radius 3 is 2.67 bits per heavy atom. The average Bonchev–Trinajstić information content (AvgIpc) is 3.22. The molecule has 0 radical (unpaired) electrons. The number of thiazole rings is 1. The Morgan fingerprint density at radius 1 is 1.08 bits per heavy atom. The summed E-state index contributed by atoms with van der Waals surface area (Å²) >= 11 is 1.65. The van der Waals surface area contributed by atoms with E-state index >= 15 is 0 Å². The minimum Gasteiger partial charge on any atom is -0.346 e. The molecule has 4 aromatic heterocycles. The highest BCUT2D eigenvalue weighted by molar-refractivity contribution is 7.18. The third-order valence-corrected chi connectivity index (χ3v) is 4.58. The van der Waals surface area contributed by atoms with Gasteiger partial charge in [0.25, 0.3) is 0 Å². The van der Waals surface area contributed by atoms with Crippen molar-refractivity contribution in [1.29, 1.82) is 0 Å². The maximum absolute atomic E-state index is 4.67. The molecule has 0 bridgehead atoms.